The summed E-state index contributed by atoms with van der Waals surface area (Å²) in [6, 6.07) is 9.22. The Morgan fingerprint density at radius 1 is 1.04 bits per heavy atom. The highest BCUT2D eigenvalue weighted by molar-refractivity contribution is 7.11. The second-order valence-corrected chi connectivity index (χ2v) is 8.56. The van der Waals surface area contributed by atoms with Gasteiger partial charge in [0, 0.05) is 28.1 Å². The summed E-state index contributed by atoms with van der Waals surface area (Å²) in [7, 11) is 0. The normalized spacial score (nSPS) is 14.3. The van der Waals surface area contributed by atoms with Crippen LogP contribution in [0.3, 0.4) is 0 Å². The van der Waals surface area contributed by atoms with Crippen molar-refractivity contribution in [2.45, 2.75) is 25.9 Å². The molecular weight excluding hydrogens is 382 g/mol. The summed E-state index contributed by atoms with van der Waals surface area (Å²) in [5.41, 5.74) is -0.537. The fourth-order valence-electron chi connectivity index (χ4n) is 3.29. The highest BCUT2D eigenvalue weighted by Crippen LogP contribution is 2.36. The van der Waals surface area contributed by atoms with Gasteiger partial charge in [-0.25, -0.2) is 0 Å². The van der Waals surface area contributed by atoms with Crippen molar-refractivity contribution < 1.29 is 9.90 Å². The molecule has 0 aromatic carbocycles. The van der Waals surface area contributed by atoms with E-state index in [0.717, 1.165) is 9.75 Å². The molecule has 0 aliphatic carbocycles. The van der Waals surface area contributed by atoms with Gasteiger partial charge in [0.1, 0.15) is 12.7 Å². The number of rotatable bonds is 4. The molecule has 0 saturated carbocycles. The molecule has 3 aromatic rings. The van der Waals surface area contributed by atoms with E-state index in [1.165, 1.54) is 6.07 Å². The summed E-state index contributed by atoms with van der Waals surface area (Å²) in [5.74, 6) is -0.846. The van der Waals surface area contributed by atoms with E-state index in [2.05, 4.69) is 12.1 Å². The molecule has 0 fully saturated rings. The average Bonchev–Trinajstić information content (AvgIpc) is 3.34. The zero-order valence-electron chi connectivity index (χ0n) is 14.9. The number of aromatic nitrogens is 1. The smallest absolute Gasteiger partial charge is 0.278 e. The zero-order valence-corrected chi connectivity index (χ0v) is 16.5. The largest absolute Gasteiger partial charge is 0.502 e. The standard InChI is InChI=1S/C19H19N3O3S2/c1-12(2)20-11-22(21-8-7-13(23)18(24)17(21)19(20)25)16(14-5-3-9-26-14)15-6-4-10-27-15/h3-10,12,16,24H,11H2,1-2H3. The molecule has 3 aromatic heterocycles. The molecule has 0 spiro atoms. The molecule has 1 aliphatic heterocycles. The van der Waals surface area contributed by atoms with Gasteiger partial charge in [0.15, 0.2) is 11.4 Å². The minimum atomic E-state index is -0.552. The molecule has 4 heterocycles. The number of fused-ring (bicyclic) bond motifs is 1. The molecule has 0 saturated heterocycles. The zero-order chi connectivity index (χ0) is 19.1. The Morgan fingerprint density at radius 3 is 2.19 bits per heavy atom. The van der Waals surface area contributed by atoms with E-state index in [0.29, 0.717) is 6.67 Å². The van der Waals surface area contributed by atoms with E-state index in [-0.39, 0.29) is 23.7 Å². The molecule has 1 N–H and O–H groups in total. The van der Waals surface area contributed by atoms with Crippen molar-refractivity contribution >= 4 is 28.6 Å². The summed E-state index contributed by atoms with van der Waals surface area (Å²) >= 11 is 3.28. The Bertz CT molecular complexity index is 975. The first kappa shape index (κ1) is 17.8. The fourth-order valence-corrected chi connectivity index (χ4v) is 5.06. The predicted octanol–water partition coefficient (Wildman–Crippen LogP) is 3.23. The minimum absolute atomic E-state index is 0.0144. The molecule has 0 unspecified atom stereocenters. The number of amides is 1. The van der Waals surface area contributed by atoms with Crippen LogP contribution in [-0.4, -0.2) is 33.3 Å². The quantitative estimate of drug-likeness (QED) is 0.729. The van der Waals surface area contributed by atoms with E-state index in [9.17, 15) is 14.7 Å². The molecule has 1 amide bonds. The summed E-state index contributed by atoms with van der Waals surface area (Å²) in [5, 5.41) is 16.4. The topological polar surface area (TPSA) is 65.8 Å². The van der Waals surface area contributed by atoms with E-state index < -0.39 is 11.2 Å². The molecule has 140 valence electrons. The number of hydrogen-bond donors (Lipinski definition) is 1. The van der Waals surface area contributed by atoms with E-state index in [1.807, 2.05) is 41.7 Å². The van der Waals surface area contributed by atoms with Crippen LogP contribution in [0.1, 0.15) is 40.1 Å². The van der Waals surface area contributed by atoms with Crippen LogP contribution in [-0.2, 0) is 0 Å². The Morgan fingerprint density at radius 2 is 1.67 bits per heavy atom. The van der Waals surface area contributed by atoms with Crippen LogP contribution < -0.4 is 10.4 Å². The lowest BCUT2D eigenvalue weighted by molar-refractivity contribution is 0.0622. The second kappa shape index (κ2) is 6.86. The molecular formula is C19H19N3O3S2. The molecule has 0 radical (unpaired) electrons. The summed E-state index contributed by atoms with van der Waals surface area (Å²) in [6.07, 6.45) is 1.57. The maximum Gasteiger partial charge on any atom is 0.278 e. The van der Waals surface area contributed by atoms with Crippen molar-refractivity contribution in [2.75, 3.05) is 11.7 Å². The van der Waals surface area contributed by atoms with Crippen molar-refractivity contribution in [3.8, 4) is 5.75 Å². The second-order valence-electron chi connectivity index (χ2n) is 6.60. The van der Waals surface area contributed by atoms with Crippen LogP contribution in [0.5, 0.6) is 5.75 Å². The molecule has 0 atom stereocenters. The van der Waals surface area contributed by atoms with Gasteiger partial charge in [-0.05, 0) is 36.7 Å². The first-order valence-electron chi connectivity index (χ1n) is 8.58. The molecule has 6 nitrogen and oxygen atoms in total. The Hall–Kier alpha value is -2.58. The van der Waals surface area contributed by atoms with Crippen LogP contribution in [0.4, 0.5) is 0 Å². The average molecular weight is 402 g/mol. The number of aromatic hydroxyl groups is 1. The first-order valence-corrected chi connectivity index (χ1v) is 10.3. The number of carbonyl (C=O) groups is 1. The third-order valence-electron chi connectivity index (χ3n) is 4.64. The summed E-state index contributed by atoms with van der Waals surface area (Å²) in [4.78, 5) is 28.9. The highest BCUT2D eigenvalue weighted by Gasteiger charge is 2.37. The van der Waals surface area contributed by atoms with Gasteiger partial charge in [0.2, 0.25) is 5.43 Å². The van der Waals surface area contributed by atoms with E-state index in [1.54, 1.807) is 38.4 Å². The summed E-state index contributed by atoms with van der Waals surface area (Å²) in [6.45, 7) is 4.20. The van der Waals surface area contributed by atoms with Crippen LogP contribution in [0, 0.1) is 0 Å². The lowest BCUT2D eigenvalue weighted by Crippen LogP contribution is -2.57. The number of nitrogens with zero attached hydrogens (tertiary/aromatic N) is 3. The monoisotopic (exact) mass is 401 g/mol. The van der Waals surface area contributed by atoms with E-state index in [4.69, 9.17) is 0 Å². The van der Waals surface area contributed by atoms with Crippen LogP contribution in [0.2, 0.25) is 0 Å². The maximum atomic E-state index is 13.0. The number of hydrogen-bond acceptors (Lipinski definition) is 6. The van der Waals surface area contributed by atoms with Gasteiger partial charge in [-0.2, -0.15) is 0 Å². The fraction of sp³-hybridized carbons (Fsp3) is 0.263. The van der Waals surface area contributed by atoms with Gasteiger partial charge in [0.05, 0.1) is 0 Å². The van der Waals surface area contributed by atoms with Crippen molar-refractivity contribution in [3.05, 3.63) is 73.0 Å². The van der Waals surface area contributed by atoms with Crippen molar-refractivity contribution in [1.29, 1.82) is 0 Å². The molecule has 27 heavy (non-hydrogen) atoms. The maximum absolute atomic E-state index is 13.0. The Balaban J connectivity index is 1.94. The molecule has 8 heteroatoms. The number of thiophene rings is 2. The number of carbonyl (C=O) groups excluding carboxylic acids is 1. The molecule has 4 rings (SSSR count). The Labute approximate surface area is 164 Å². The first-order chi connectivity index (χ1) is 13.0. The Kier molecular flexibility index (Phi) is 4.53. The molecule has 0 bridgehead atoms. The van der Waals surface area contributed by atoms with Gasteiger partial charge < -0.3 is 10.0 Å². The van der Waals surface area contributed by atoms with Crippen LogP contribution in [0.15, 0.2) is 52.1 Å². The lowest BCUT2D eigenvalue weighted by atomic mass is 10.1. The van der Waals surface area contributed by atoms with Gasteiger partial charge in [-0.15, -0.1) is 22.7 Å². The van der Waals surface area contributed by atoms with Crippen LogP contribution in [0.25, 0.3) is 0 Å². The number of pyridine rings is 1. The van der Waals surface area contributed by atoms with Crippen molar-refractivity contribution in [3.63, 3.8) is 0 Å². The van der Waals surface area contributed by atoms with Crippen LogP contribution >= 0.6 is 22.7 Å². The third kappa shape index (κ3) is 2.94. The van der Waals surface area contributed by atoms with Crippen molar-refractivity contribution in [2.24, 2.45) is 0 Å². The highest BCUT2D eigenvalue weighted by atomic mass is 32.1. The predicted molar refractivity (Wildman–Crippen MR) is 107 cm³/mol. The van der Waals surface area contributed by atoms with Crippen molar-refractivity contribution in [1.82, 2.24) is 9.58 Å². The lowest BCUT2D eigenvalue weighted by Gasteiger charge is -2.44. The SMILES string of the molecule is CC(C)N1CN(C(c2cccs2)c2cccs2)n2ccc(=O)c(O)c2C1=O. The minimum Gasteiger partial charge on any atom is -0.502 e. The van der Waals surface area contributed by atoms with Gasteiger partial charge in [-0.1, -0.05) is 12.1 Å². The van der Waals surface area contributed by atoms with Gasteiger partial charge >= 0.3 is 0 Å². The summed E-state index contributed by atoms with van der Waals surface area (Å²) < 4.78 is 1.63. The molecule has 1 aliphatic rings. The van der Waals surface area contributed by atoms with Gasteiger partial charge in [0.25, 0.3) is 5.91 Å². The third-order valence-corrected chi connectivity index (χ3v) is 6.49. The van der Waals surface area contributed by atoms with Gasteiger partial charge in [-0.3, -0.25) is 19.3 Å². The van der Waals surface area contributed by atoms with E-state index >= 15 is 0 Å².